The van der Waals surface area contributed by atoms with Crippen molar-refractivity contribution < 1.29 is 27.5 Å². The summed E-state index contributed by atoms with van der Waals surface area (Å²) in [5, 5.41) is 5.77. The Kier molecular flexibility index (Phi) is 9.50. The first-order valence-corrected chi connectivity index (χ1v) is 13.1. The molecule has 0 radical (unpaired) electrons. The first-order valence-electron chi connectivity index (χ1n) is 11.7. The fourth-order valence-corrected chi connectivity index (χ4v) is 5.68. The molecule has 2 aromatic rings. The number of sulfonamides is 1. The van der Waals surface area contributed by atoms with Crippen molar-refractivity contribution in [2.45, 2.75) is 37.1 Å². The number of benzene rings is 2. The molecule has 1 aliphatic heterocycles. The number of ether oxygens (including phenoxy) is 2. The van der Waals surface area contributed by atoms with Crippen molar-refractivity contribution in [3.05, 3.63) is 54.1 Å². The van der Waals surface area contributed by atoms with Crippen molar-refractivity contribution in [1.82, 2.24) is 14.9 Å². The third-order valence-corrected chi connectivity index (χ3v) is 7.95. The predicted octanol–water partition coefficient (Wildman–Crippen LogP) is 2.32. The average Bonchev–Trinajstić information content (AvgIpc) is 2.92. The van der Waals surface area contributed by atoms with E-state index < -0.39 is 10.0 Å². The zero-order chi connectivity index (χ0) is 25.3. The van der Waals surface area contributed by atoms with Gasteiger partial charge in [-0.2, -0.15) is 4.31 Å². The molecule has 0 bridgehead atoms. The number of nitrogens with zero attached hydrogens (tertiary/aromatic N) is 1. The van der Waals surface area contributed by atoms with Crippen molar-refractivity contribution in [2.75, 3.05) is 33.9 Å². The van der Waals surface area contributed by atoms with Crippen molar-refractivity contribution in [3.8, 4) is 11.5 Å². The minimum Gasteiger partial charge on any atom is -0.497 e. The molecular weight excluding hydrogens is 470 g/mol. The lowest BCUT2D eigenvalue weighted by atomic mass is 9.98. The van der Waals surface area contributed by atoms with E-state index in [-0.39, 0.29) is 47.9 Å². The number of carbonyl (C=O) groups is 2. The van der Waals surface area contributed by atoms with Crippen LogP contribution in [-0.2, 0) is 26.2 Å². The first-order chi connectivity index (χ1) is 16.8. The van der Waals surface area contributed by atoms with E-state index in [1.165, 1.54) is 30.7 Å². The summed E-state index contributed by atoms with van der Waals surface area (Å²) in [5.74, 6) is -0.120. The average molecular weight is 504 g/mol. The molecule has 9 nitrogen and oxygen atoms in total. The van der Waals surface area contributed by atoms with Gasteiger partial charge in [-0.25, -0.2) is 8.42 Å². The SMILES string of the molecule is COc1ccc(OC)c(S(=O)(=O)N2CCCC(C(=O)NCc3ccccc3)CCNC(=O)CC2)c1. The number of hydrogen-bond donors (Lipinski definition) is 2. The van der Waals surface area contributed by atoms with Crippen LogP contribution in [0.1, 0.15) is 31.2 Å². The van der Waals surface area contributed by atoms with E-state index in [1.807, 2.05) is 30.3 Å². The maximum Gasteiger partial charge on any atom is 0.246 e. The molecule has 0 aromatic heterocycles. The van der Waals surface area contributed by atoms with Crippen LogP contribution in [0.5, 0.6) is 11.5 Å². The van der Waals surface area contributed by atoms with Gasteiger partial charge in [0.05, 0.1) is 14.2 Å². The van der Waals surface area contributed by atoms with E-state index in [1.54, 1.807) is 6.07 Å². The highest BCUT2D eigenvalue weighted by Crippen LogP contribution is 2.31. The topological polar surface area (TPSA) is 114 Å². The van der Waals surface area contributed by atoms with Gasteiger partial charge in [0.15, 0.2) is 0 Å². The molecule has 1 saturated heterocycles. The standard InChI is InChI=1S/C25H33N3O6S/c1-33-21-10-11-22(34-2)23(17-21)35(31,32)28-15-6-9-20(12-14-26-24(29)13-16-28)25(30)27-18-19-7-4-3-5-8-19/h3-5,7-8,10-11,17,20H,6,9,12-16,18H2,1-2H3,(H,26,29)(H,27,30). The Labute approximate surface area is 206 Å². The molecule has 1 fully saturated rings. The number of methoxy groups -OCH3 is 2. The van der Waals surface area contributed by atoms with Crippen LogP contribution in [0.15, 0.2) is 53.4 Å². The minimum absolute atomic E-state index is 0.0215. The summed E-state index contributed by atoms with van der Waals surface area (Å²) in [6.45, 7) is 0.981. The molecule has 0 aliphatic carbocycles. The fraction of sp³-hybridized carbons (Fsp3) is 0.440. The number of rotatable bonds is 7. The lowest BCUT2D eigenvalue weighted by molar-refractivity contribution is -0.126. The van der Waals surface area contributed by atoms with Crippen LogP contribution < -0.4 is 20.1 Å². The Bertz CT molecular complexity index is 1110. The lowest BCUT2D eigenvalue weighted by Crippen LogP contribution is -2.36. The first kappa shape index (κ1) is 26.5. The highest BCUT2D eigenvalue weighted by molar-refractivity contribution is 7.89. The summed E-state index contributed by atoms with van der Waals surface area (Å²) >= 11 is 0. The largest absolute Gasteiger partial charge is 0.497 e. The second-order valence-corrected chi connectivity index (χ2v) is 10.3. The summed E-state index contributed by atoms with van der Waals surface area (Å²) in [6.07, 6.45) is 1.49. The smallest absolute Gasteiger partial charge is 0.246 e. The van der Waals surface area contributed by atoms with Crippen LogP contribution in [0, 0.1) is 5.92 Å². The molecule has 2 aromatic carbocycles. The maximum absolute atomic E-state index is 13.5. The Hall–Kier alpha value is -3.11. The van der Waals surface area contributed by atoms with Crippen LogP contribution in [0.4, 0.5) is 0 Å². The Morgan fingerprint density at radius 2 is 1.86 bits per heavy atom. The van der Waals surface area contributed by atoms with Crippen molar-refractivity contribution in [3.63, 3.8) is 0 Å². The van der Waals surface area contributed by atoms with Crippen LogP contribution in [0.3, 0.4) is 0 Å². The van der Waals surface area contributed by atoms with Crippen molar-refractivity contribution in [1.29, 1.82) is 0 Å². The molecule has 190 valence electrons. The van der Waals surface area contributed by atoms with Crippen LogP contribution in [0.2, 0.25) is 0 Å². The van der Waals surface area contributed by atoms with Gasteiger partial charge in [0.1, 0.15) is 16.4 Å². The lowest BCUT2D eigenvalue weighted by Gasteiger charge is -2.23. The molecule has 1 aliphatic rings. The van der Waals surface area contributed by atoms with Gasteiger partial charge in [-0.1, -0.05) is 30.3 Å². The number of hydrogen-bond acceptors (Lipinski definition) is 6. The molecule has 1 unspecified atom stereocenters. The second kappa shape index (κ2) is 12.6. The molecule has 2 N–H and O–H groups in total. The van der Waals surface area contributed by atoms with Gasteiger partial charge < -0.3 is 20.1 Å². The molecule has 0 spiro atoms. The summed E-state index contributed by atoms with van der Waals surface area (Å²) in [4.78, 5) is 25.2. The molecular formula is C25H33N3O6S. The predicted molar refractivity (Wildman–Crippen MR) is 132 cm³/mol. The molecule has 35 heavy (non-hydrogen) atoms. The Balaban J connectivity index is 1.75. The zero-order valence-electron chi connectivity index (χ0n) is 20.2. The fourth-order valence-electron chi connectivity index (χ4n) is 4.03. The number of nitrogens with one attached hydrogen (secondary N) is 2. The van der Waals surface area contributed by atoms with Gasteiger partial charge in [0.2, 0.25) is 21.8 Å². The van der Waals surface area contributed by atoms with E-state index >= 15 is 0 Å². The van der Waals surface area contributed by atoms with Gasteiger partial charge in [0, 0.05) is 44.6 Å². The molecule has 0 saturated carbocycles. The highest BCUT2D eigenvalue weighted by Gasteiger charge is 2.30. The van der Waals surface area contributed by atoms with E-state index in [0.29, 0.717) is 38.1 Å². The van der Waals surface area contributed by atoms with E-state index in [2.05, 4.69) is 10.6 Å². The Morgan fingerprint density at radius 1 is 1.09 bits per heavy atom. The van der Waals surface area contributed by atoms with Crippen molar-refractivity contribution in [2.24, 2.45) is 5.92 Å². The molecule has 10 heteroatoms. The molecule has 1 heterocycles. The third-order valence-electron chi connectivity index (χ3n) is 6.03. The van der Waals surface area contributed by atoms with Gasteiger partial charge in [-0.15, -0.1) is 0 Å². The third kappa shape index (κ3) is 7.19. The Morgan fingerprint density at radius 3 is 2.57 bits per heavy atom. The number of carbonyl (C=O) groups excluding carboxylic acids is 2. The van der Waals surface area contributed by atoms with E-state index in [9.17, 15) is 18.0 Å². The molecule has 3 rings (SSSR count). The van der Waals surface area contributed by atoms with Gasteiger partial charge in [-0.3, -0.25) is 9.59 Å². The van der Waals surface area contributed by atoms with Gasteiger partial charge in [-0.05, 0) is 37.0 Å². The molecule has 1 atom stereocenters. The second-order valence-electron chi connectivity index (χ2n) is 8.35. The highest BCUT2D eigenvalue weighted by atomic mass is 32.2. The monoisotopic (exact) mass is 503 g/mol. The van der Waals surface area contributed by atoms with Crippen LogP contribution >= 0.6 is 0 Å². The van der Waals surface area contributed by atoms with Crippen LogP contribution in [-0.4, -0.2) is 58.4 Å². The minimum atomic E-state index is -3.98. The number of amides is 2. The van der Waals surface area contributed by atoms with Gasteiger partial charge in [0.25, 0.3) is 0 Å². The summed E-state index contributed by atoms with van der Waals surface area (Å²) in [7, 11) is -1.12. The normalized spacial score (nSPS) is 18.1. The van der Waals surface area contributed by atoms with Crippen LogP contribution in [0.25, 0.3) is 0 Å². The van der Waals surface area contributed by atoms with Gasteiger partial charge >= 0.3 is 0 Å². The van der Waals surface area contributed by atoms with E-state index in [4.69, 9.17) is 9.47 Å². The van der Waals surface area contributed by atoms with E-state index in [0.717, 1.165) is 5.56 Å². The van der Waals surface area contributed by atoms with Crippen molar-refractivity contribution >= 4 is 21.8 Å². The quantitative estimate of drug-likeness (QED) is 0.600. The summed E-state index contributed by atoms with van der Waals surface area (Å²) < 4.78 is 38.9. The maximum atomic E-state index is 13.5. The summed E-state index contributed by atoms with van der Waals surface area (Å²) in [5.41, 5.74) is 0.996. The summed E-state index contributed by atoms with van der Waals surface area (Å²) in [6, 6.07) is 14.2. The molecule has 2 amide bonds. The zero-order valence-corrected chi connectivity index (χ0v) is 21.0.